The van der Waals surface area contributed by atoms with Gasteiger partial charge in [-0.05, 0) is 6.07 Å². The van der Waals surface area contributed by atoms with Crippen LogP contribution in [0.4, 0.5) is 5.82 Å². The van der Waals surface area contributed by atoms with Gasteiger partial charge < -0.3 is 10.4 Å². The van der Waals surface area contributed by atoms with Gasteiger partial charge >= 0.3 is 5.97 Å². The van der Waals surface area contributed by atoms with Crippen molar-refractivity contribution in [2.45, 2.75) is 6.92 Å². The van der Waals surface area contributed by atoms with E-state index in [0.717, 1.165) is 0 Å². The van der Waals surface area contributed by atoms with Gasteiger partial charge in [-0.25, -0.2) is 9.78 Å². The number of anilines is 1. The number of nitrogens with one attached hydrogen (secondary N) is 2. The minimum Gasteiger partial charge on any atom is -0.478 e. The van der Waals surface area contributed by atoms with Gasteiger partial charge in [0.05, 0.1) is 11.1 Å². The fraction of sp³-hybridized carbons (Fsp3) is 0.111. The van der Waals surface area contributed by atoms with E-state index in [1.165, 1.54) is 19.2 Å². The van der Waals surface area contributed by atoms with Gasteiger partial charge in [0.1, 0.15) is 5.52 Å². The number of hydrogen-bond acceptors (Lipinski definition) is 4. The minimum absolute atomic E-state index is 0.0607. The van der Waals surface area contributed by atoms with Crippen LogP contribution in [-0.4, -0.2) is 32.2 Å². The number of nitrogens with zero attached hydrogens (tertiary/aromatic N) is 2. The molecule has 0 unspecified atom stereocenters. The third kappa shape index (κ3) is 1.70. The highest BCUT2D eigenvalue weighted by Gasteiger charge is 2.11. The lowest BCUT2D eigenvalue weighted by molar-refractivity contribution is -0.114. The predicted molar refractivity (Wildman–Crippen MR) is 55.2 cm³/mol. The average Bonchev–Trinajstić information content (AvgIpc) is 2.60. The fourth-order valence-corrected chi connectivity index (χ4v) is 1.28. The molecule has 0 aromatic carbocycles. The first-order valence-electron chi connectivity index (χ1n) is 4.43. The van der Waals surface area contributed by atoms with Gasteiger partial charge in [0.2, 0.25) is 5.91 Å². The van der Waals surface area contributed by atoms with Crippen molar-refractivity contribution < 1.29 is 14.7 Å². The Kier molecular flexibility index (Phi) is 2.28. The summed E-state index contributed by atoms with van der Waals surface area (Å²) < 4.78 is 0. The van der Waals surface area contributed by atoms with Crippen LogP contribution in [0.2, 0.25) is 0 Å². The van der Waals surface area contributed by atoms with Crippen molar-refractivity contribution in [3.63, 3.8) is 0 Å². The number of carboxylic acids is 1. The molecule has 0 saturated heterocycles. The number of carbonyl (C=O) groups excluding carboxylic acids is 1. The Morgan fingerprint density at radius 2 is 2.25 bits per heavy atom. The molecule has 1 amide bonds. The summed E-state index contributed by atoms with van der Waals surface area (Å²) in [5.74, 6) is -1.04. The van der Waals surface area contributed by atoms with E-state index in [1.54, 1.807) is 0 Å². The largest absolute Gasteiger partial charge is 0.478 e. The second-order valence-electron chi connectivity index (χ2n) is 3.18. The van der Waals surface area contributed by atoms with Gasteiger partial charge in [0, 0.05) is 13.1 Å². The topological polar surface area (TPSA) is 108 Å². The molecule has 0 radical (unpaired) electrons. The molecule has 0 fully saturated rings. The van der Waals surface area contributed by atoms with Crippen LogP contribution in [-0.2, 0) is 4.79 Å². The van der Waals surface area contributed by atoms with E-state index in [4.69, 9.17) is 5.11 Å². The molecular formula is C9H8N4O3. The maximum Gasteiger partial charge on any atom is 0.337 e. The van der Waals surface area contributed by atoms with E-state index in [2.05, 4.69) is 20.5 Å². The highest BCUT2D eigenvalue weighted by molar-refractivity contribution is 5.98. The van der Waals surface area contributed by atoms with E-state index < -0.39 is 5.97 Å². The summed E-state index contributed by atoms with van der Waals surface area (Å²) in [5.41, 5.74) is 0.953. The molecule has 0 aliphatic heterocycles. The quantitative estimate of drug-likeness (QED) is 0.687. The number of pyridine rings is 1. The van der Waals surface area contributed by atoms with Gasteiger partial charge in [0.25, 0.3) is 0 Å². The van der Waals surface area contributed by atoms with E-state index in [9.17, 15) is 9.59 Å². The molecule has 82 valence electrons. The Bertz CT molecular complexity index is 575. The minimum atomic E-state index is -1.06. The van der Waals surface area contributed by atoms with Crippen LogP contribution in [0.1, 0.15) is 17.3 Å². The zero-order valence-electron chi connectivity index (χ0n) is 8.31. The van der Waals surface area contributed by atoms with Crippen molar-refractivity contribution in [1.29, 1.82) is 0 Å². The van der Waals surface area contributed by atoms with Crippen LogP contribution >= 0.6 is 0 Å². The molecule has 7 heteroatoms. The van der Waals surface area contributed by atoms with Crippen LogP contribution in [0, 0.1) is 0 Å². The molecule has 2 heterocycles. The van der Waals surface area contributed by atoms with Crippen LogP contribution in [0.25, 0.3) is 11.0 Å². The summed E-state index contributed by atoms with van der Waals surface area (Å²) in [5, 5.41) is 17.7. The number of carbonyl (C=O) groups is 2. The molecule has 0 aliphatic carbocycles. The standard InChI is InChI=1S/C9H8N4O3/c1-4(14)11-8-7-6(12-13-8)2-5(3-10-7)9(15)16/h2-3H,1H3,(H,15,16)(H2,11,12,13,14). The number of aromatic nitrogens is 3. The molecule has 16 heavy (non-hydrogen) atoms. The Hall–Kier alpha value is -2.44. The van der Waals surface area contributed by atoms with Crippen molar-refractivity contribution in [1.82, 2.24) is 15.2 Å². The third-order valence-corrected chi connectivity index (χ3v) is 1.94. The van der Waals surface area contributed by atoms with Crippen LogP contribution in [0.3, 0.4) is 0 Å². The summed E-state index contributed by atoms with van der Waals surface area (Å²) in [4.78, 5) is 25.5. The van der Waals surface area contributed by atoms with Crippen molar-refractivity contribution in [3.8, 4) is 0 Å². The number of amides is 1. The number of aromatic amines is 1. The SMILES string of the molecule is CC(=O)Nc1n[nH]c2cc(C(=O)O)cnc12. The molecule has 0 saturated carbocycles. The lowest BCUT2D eigenvalue weighted by Crippen LogP contribution is -2.06. The van der Waals surface area contributed by atoms with Crippen LogP contribution in [0.5, 0.6) is 0 Å². The van der Waals surface area contributed by atoms with E-state index >= 15 is 0 Å². The second kappa shape index (κ2) is 3.61. The molecule has 7 nitrogen and oxygen atoms in total. The fourth-order valence-electron chi connectivity index (χ4n) is 1.28. The molecule has 0 spiro atoms. The first kappa shape index (κ1) is 10.1. The Labute approximate surface area is 89.5 Å². The molecule has 2 aromatic heterocycles. The molecule has 2 aromatic rings. The average molecular weight is 220 g/mol. The zero-order valence-corrected chi connectivity index (χ0v) is 8.31. The maximum absolute atomic E-state index is 10.8. The van der Waals surface area contributed by atoms with Crippen molar-refractivity contribution in [2.24, 2.45) is 0 Å². The lowest BCUT2D eigenvalue weighted by Gasteiger charge is -1.96. The Morgan fingerprint density at radius 3 is 2.88 bits per heavy atom. The normalized spacial score (nSPS) is 10.3. The Morgan fingerprint density at radius 1 is 1.50 bits per heavy atom. The summed E-state index contributed by atoms with van der Waals surface area (Å²) >= 11 is 0. The summed E-state index contributed by atoms with van der Waals surface area (Å²) in [6, 6.07) is 1.41. The van der Waals surface area contributed by atoms with E-state index in [1.807, 2.05) is 0 Å². The smallest absolute Gasteiger partial charge is 0.337 e. The number of hydrogen-bond donors (Lipinski definition) is 3. The highest BCUT2D eigenvalue weighted by atomic mass is 16.4. The first-order chi connectivity index (χ1) is 7.58. The zero-order chi connectivity index (χ0) is 11.7. The lowest BCUT2D eigenvalue weighted by atomic mass is 10.2. The van der Waals surface area contributed by atoms with Gasteiger partial charge in [-0.2, -0.15) is 5.10 Å². The monoisotopic (exact) mass is 220 g/mol. The van der Waals surface area contributed by atoms with Crippen molar-refractivity contribution >= 4 is 28.7 Å². The molecule has 0 aliphatic rings. The van der Waals surface area contributed by atoms with Gasteiger partial charge in [-0.1, -0.05) is 0 Å². The molecule has 2 rings (SSSR count). The molecule has 0 atom stereocenters. The number of fused-ring (bicyclic) bond motifs is 1. The number of H-pyrrole nitrogens is 1. The molecule has 0 bridgehead atoms. The number of carboxylic acid groups (broad SMARTS) is 1. The van der Waals surface area contributed by atoms with Gasteiger partial charge in [-0.15, -0.1) is 0 Å². The first-order valence-corrected chi connectivity index (χ1v) is 4.43. The molecular weight excluding hydrogens is 212 g/mol. The second-order valence-corrected chi connectivity index (χ2v) is 3.18. The predicted octanol–water partition coefficient (Wildman–Crippen LogP) is 0.614. The van der Waals surface area contributed by atoms with Gasteiger partial charge in [0.15, 0.2) is 5.82 Å². The van der Waals surface area contributed by atoms with Crippen LogP contribution in [0.15, 0.2) is 12.3 Å². The Balaban J connectivity index is 2.50. The van der Waals surface area contributed by atoms with E-state index in [-0.39, 0.29) is 11.5 Å². The highest BCUT2D eigenvalue weighted by Crippen LogP contribution is 2.18. The van der Waals surface area contributed by atoms with Crippen LogP contribution < -0.4 is 5.32 Å². The van der Waals surface area contributed by atoms with Crippen molar-refractivity contribution in [3.05, 3.63) is 17.8 Å². The van der Waals surface area contributed by atoms with Gasteiger partial charge in [-0.3, -0.25) is 9.89 Å². The summed E-state index contributed by atoms with van der Waals surface area (Å²) in [6.45, 7) is 1.35. The summed E-state index contributed by atoms with van der Waals surface area (Å²) in [7, 11) is 0. The number of aromatic carboxylic acids is 1. The van der Waals surface area contributed by atoms with Crippen molar-refractivity contribution in [2.75, 3.05) is 5.32 Å². The molecule has 3 N–H and O–H groups in total. The third-order valence-electron chi connectivity index (χ3n) is 1.94. The number of rotatable bonds is 2. The maximum atomic E-state index is 10.8. The van der Waals surface area contributed by atoms with E-state index in [0.29, 0.717) is 16.9 Å². The summed E-state index contributed by atoms with van der Waals surface area (Å²) in [6.07, 6.45) is 1.21.